The van der Waals surface area contributed by atoms with Crippen LogP contribution in [0.5, 0.6) is 0 Å². The number of amides is 1. The fraction of sp³-hybridized carbons (Fsp3) is 0.429. The van der Waals surface area contributed by atoms with E-state index in [1.807, 2.05) is 0 Å². The Labute approximate surface area is 70.2 Å². The van der Waals surface area contributed by atoms with Crippen LogP contribution in [-0.4, -0.2) is 27.5 Å². The number of hydrogen-bond acceptors (Lipinski definition) is 2. The normalized spacial score (nSPS) is 9.83. The van der Waals surface area contributed by atoms with E-state index in [0.29, 0.717) is 12.2 Å². The Balaban J connectivity index is 2.87. The summed E-state index contributed by atoms with van der Waals surface area (Å²) in [7, 11) is 1.75. The van der Waals surface area contributed by atoms with Crippen LogP contribution in [0.1, 0.15) is 6.92 Å². The summed E-state index contributed by atoms with van der Waals surface area (Å²) in [4.78, 5) is 11.9. The molecule has 0 radical (unpaired) electrons. The summed E-state index contributed by atoms with van der Waals surface area (Å²) in [6.45, 7) is 2.21. The second kappa shape index (κ2) is 3.25. The summed E-state index contributed by atoms with van der Waals surface area (Å²) in [5.41, 5.74) is 0.604. The maximum absolute atomic E-state index is 10.6. The Kier molecular flexibility index (Phi) is 2.32. The first kappa shape index (κ1) is 8.58. The molecule has 0 saturated heterocycles. The number of aryl methyl sites for hydroxylation is 1. The fourth-order valence-corrected chi connectivity index (χ4v) is 0.976. The van der Waals surface area contributed by atoms with Gasteiger partial charge in [-0.1, -0.05) is 0 Å². The van der Waals surface area contributed by atoms with Gasteiger partial charge in [0.15, 0.2) is 0 Å². The van der Waals surface area contributed by atoms with Crippen LogP contribution in [0.2, 0.25) is 0 Å². The first-order chi connectivity index (χ1) is 5.65. The van der Waals surface area contributed by atoms with E-state index >= 15 is 0 Å². The fourth-order valence-electron chi connectivity index (χ4n) is 0.976. The Morgan fingerprint density at radius 3 is 2.83 bits per heavy atom. The van der Waals surface area contributed by atoms with Gasteiger partial charge in [0, 0.05) is 19.8 Å². The van der Waals surface area contributed by atoms with E-state index in [2.05, 4.69) is 5.10 Å². The third-order valence-corrected chi connectivity index (χ3v) is 1.55. The third-order valence-electron chi connectivity index (χ3n) is 1.55. The summed E-state index contributed by atoms with van der Waals surface area (Å²) >= 11 is 0. The SMILES string of the molecule is CCN(C(=O)O)c1cnn(C)c1. The molecule has 0 atom stereocenters. The molecule has 1 aromatic rings. The smallest absolute Gasteiger partial charge is 0.411 e. The lowest BCUT2D eigenvalue weighted by Gasteiger charge is -2.13. The standard InChI is InChI=1S/C7H11N3O2/c1-3-10(7(11)12)6-4-8-9(2)5-6/h4-5H,3H2,1-2H3,(H,11,12). The van der Waals surface area contributed by atoms with Crippen LogP contribution >= 0.6 is 0 Å². The zero-order valence-corrected chi connectivity index (χ0v) is 7.06. The van der Waals surface area contributed by atoms with E-state index < -0.39 is 6.09 Å². The Morgan fingerprint density at radius 2 is 2.50 bits per heavy atom. The number of anilines is 1. The van der Waals surface area contributed by atoms with Gasteiger partial charge in [0.25, 0.3) is 0 Å². The molecule has 1 aromatic heterocycles. The number of nitrogens with zero attached hydrogens (tertiary/aromatic N) is 3. The van der Waals surface area contributed by atoms with Gasteiger partial charge in [0.05, 0.1) is 11.9 Å². The van der Waals surface area contributed by atoms with Crippen molar-refractivity contribution in [1.29, 1.82) is 0 Å². The van der Waals surface area contributed by atoms with Crippen molar-refractivity contribution < 1.29 is 9.90 Å². The zero-order chi connectivity index (χ0) is 9.14. The quantitative estimate of drug-likeness (QED) is 0.716. The van der Waals surface area contributed by atoms with Crippen LogP contribution in [0.15, 0.2) is 12.4 Å². The molecule has 1 amide bonds. The maximum atomic E-state index is 10.6. The highest BCUT2D eigenvalue weighted by molar-refractivity contribution is 5.85. The van der Waals surface area contributed by atoms with Crippen molar-refractivity contribution in [2.45, 2.75) is 6.92 Å². The highest BCUT2D eigenvalue weighted by Gasteiger charge is 2.12. The third kappa shape index (κ3) is 1.55. The molecule has 0 spiro atoms. The van der Waals surface area contributed by atoms with Gasteiger partial charge in [-0.3, -0.25) is 9.58 Å². The number of carboxylic acid groups (broad SMARTS) is 1. The van der Waals surface area contributed by atoms with Gasteiger partial charge in [-0.05, 0) is 6.92 Å². The predicted molar refractivity (Wildman–Crippen MR) is 44.3 cm³/mol. The van der Waals surface area contributed by atoms with Crippen molar-refractivity contribution in [1.82, 2.24) is 9.78 Å². The van der Waals surface area contributed by atoms with Crippen LogP contribution in [0.3, 0.4) is 0 Å². The molecule has 0 fully saturated rings. The average Bonchev–Trinajstić information content (AvgIpc) is 2.37. The second-order valence-electron chi connectivity index (χ2n) is 2.40. The van der Waals surface area contributed by atoms with Crippen molar-refractivity contribution in [2.24, 2.45) is 7.05 Å². The van der Waals surface area contributed by atoms with Crippen LogP contribution in [0, 0.1) is 0 Å². The highest BCUT2D eigenvalue weighted by Crippen LogP contribution is 2.11. The van der Waals surface area contributed by atoms with Gasteiger partial charge < -0.3 is 5.11 Å². The summed E-state index contributed by atoms with van der Waals surface area (Å²) in [6, 6.07) is 0. The molecule has 0 aliphatic heterocycles. The van der Waals surface area contributed by atoms with E-state index in [0.717, 1.165) is 0 Å². The van der Waals surface area contributed by atoms with E-state index in [-0.39, 0.29) is 0 Å². The summed E-state index contributed by atoms with van der Waals surface area (Å²) in [5, 5.41) is 12.6. The van der Waals surface area contributed by atoms with E-state index in [1.54, 1.807) is 24.9 Å². The minimum Gasteiger partial charge on any atom is -0.465 e. The molecule has 0 aromatic carbocycles. The van der Waals surface area contributed by atoms with Crippen LogP contribution in [0.4, 0.5) is 10.5 Å². The average molecular weight is 169 g/mol. The molecule has 0 aliphatic carbocycles. The lowest BCUT2D eigenvalue weighted by atomic mass is 10.5. The molecule has 66 valence electrons. The minimum absolute atomic E-state index is 0.432. The molecule has 5 heteroatoms. The first-order valence-corrected chi connectivity index (χ1v) is 3.64. The van der Waals surface area contributed by atoms with Gasteiger partial charge in [-0.2, -0.15) is 5.10 Å². The van der Waals surface area contributed by atoms with Crippen LogP contribution in [0.25, 0.3) is 0 Å². The van der Waals surface area contributed by atoms with Gasteiger partial charge >= 0.3 is 6.09 Å². The van der Waals surface area contributed by atoms with E-state index in [4.69, 9.17) is 5.11 Å². The van der Waals surface area contributed by atoms with Crippen molar-refractivity contribution in [3.8, 4) is 0 Å². The number of hydrogen-bond donors (Lipinski definition) is 1. The molecular weight excluding hydrogens is 158 g/mol. The molecule has 1 heterocycles. The lowest BCUT2D eigenvalue weighted by molar-refractivity contribution is 0.202. The van der Waals surface area contributed by atoms with Crippen LogP contribution in [-0.2, 0) is 7.05 Å². The number of rotatable bonds is 2. The molecule has 1 N–H and O–H groups in total. The minimum atomic E-state index is -0.953. The molecule has 1 rings (SSSR count). The van der Waals surface area contributed by atoms with Crippen molar-refractivity contribution in [2.75, 3.05) is 11.4 Å². The Bertz CT molecular complexity index is 282. The molecule has 0 bridgehead atoms. The van der Waals surface area contributed by atoms with Gasteiger partial charge in [-0.25, -0.2) is 4.79 Å². The van der Waals surface area contributed by atoms with Crippen molar-refractivity contribution in [3.63, 3.8) is 0 Å². The van der Waals surface area contributed by atoms with Gasteiger partial charge in [-0.15, -0.1) is 0 Å². The van der Waals surface area contributed by atoms with Crippen molar-refractivity contribution in [3.05, 3.63) is 12.4 Å². The first-order valence-electron chi connectivity index (χ1n) is 3.64. The monoisotopic (exact) mass is 169 g/mol. The van der Waals surface area contributed by atoms with Crippen molar-refractivity contribution >= 4 is 11.8 Å². The largest absolute Gasteiger partial charge is 0.465 e. The summed E-state index contributed by atoms with van der Waals surface area (Å²) < 4.78 is 1.57. The van der Waals surface area contributed by atoms with Gasteiger partial charge in [0.2, 0.25) is 0 Å². The zero-order valence-electron chi connectivity index (χ0n) is 7.06. The highest BCUT2D eigenvalue weighted by atomic mass is 16.4. The topological polar surface area (TPSA) is 58.4 Å². The maximum Gasteiger partial charge on any atom is 0.411 e. The second-order valence-corrected chi connectivity index (χ2v) is 2.40. The molecule has 12 heavy (non-hydrogen) atoms. The van der Waals surface area contributed by atoms with E-state index in [9.17, 15) is 4.79 Å². The molecule has 0 aliphatic rings. The molecule has 0 saturated carbocycles. The number of carbonyl (C=O) groups is 1. The number of aromatic nitrogens is 2. The molecular formula is C7H11N3O2. The molecule has 5 nitrogen and oxygen atoms in total. The van der Waals surface area contributed by atoms with Gasteiger partial charge in [0.1, 0.15) is 0 Å². The predicted octanol–water partition coefficient (Wildman–Crippen LogP) is 0.924. The Morgan fingerprint density at radius 1 is 1.83 bits per heavy atom. The molecule has 0 unspecified atom stereocenters. The Hall–Kier alpha value is -1.52. The summed E-state index contributed by atoms with van der Waals surface area (Å²) in [6.07, 6.45) is 2.24. The summed E-state index contributed by atoms with van der Waals surface area (Å²) in [5.74, 6) is 0. The van der Waals surface area contributed by atoms with Crippen LogP contribution < -0.4 is 4.90 Å². The van der Waals surface area contributed by atoms with E-state index in [1.165, 1.54) is 11.1 Å². The lowest BCUT2D eigenvalue weighted by Crippen LogP contribution is -2.28.